The molecule has 0 spiro atoms. The van der Waals surface area contributed by atoms with Crippen LogP contribution in [0.2, 0.25) is 0 Å². The van der Waals surface area contributed by atoms with Crippen LogP contribution < -0.4 is 5.69 Å². The minimum atomic E-state index is -1.84. The Morgan fingerprint density at radius 3 is 2.41 bits per heavy atom. The second-order valence-corrected chi connectivity index (χ2v) is 6.98. The number of fused-ring (bicyclic) bond motifs is 1. The van der Waals surface area contributed by atoms with Gasteiger partial charge >= 0.3 is 5.69 Å². The van der Waals surface area contributed by atoms with E-state index in [9.17, 15) is 9.18 Å². The van der Waals surface area contributed by atoms with Crippen LogP contribution in [0.3, 0.4) is 0 Å². The van der Waals surface area contributed by atoms with E-state index in [1.807, 2.05) is 6.07 Å². The summed E-state index contributed by atoms with van der Waals surface area (Å²) in [5.74, 6) is -1.38. The number of hydrogen-bond acceptors (Lipinski definition) is 2. The molecule has 0 saturated heterocycles. The van der Waals surface area contributed by atoms with E-state index in [4.69, 9.17) is 0 Å². The summed E-state index contributed by atoms with van der Waals surface area (Å²) in [4.78, 5) is 12.7. The first-order valence-electron chi connectivity index (χ1n) is 7.61. The molecule has 3 saturated carbocycles. The van der Waals surface area contributed by atoms with Gasteiger partial charge in [-0.25, -0.2) is 22.8 Å². The topological polar surface area (TPSA) is 39.8 Å². The van der Waals surface area contributed by atoms with E-state index in [1.54, 1.807) is 24.3 Å². The third-order valence-corrected chi connectivity index (χ3v) is 5.48. The molecule has 6 rings (SSSR count). The molecule has 1 atom stereocenters. The van der Waals surface area contributed by atoms with Gasteiger partial charge in [-0.3, -0.25) is 0 Å². The van der Waals surface area contributed by atoms with E-state index < -0.39 is 22.7 Å². The highest BCUT2D eigenvalue weighted by Crippen LogP contribution is 2.67. The van der Waals surface area contributed by atoms with Crippen molar-refractivity contribution in [3.63, 3.8) is 0 Å². The number of alkyl halides is 2. The van der Waals surface area contributed by atoms with Gasteiger partial charge in [0.15, 0.2) is 0 Å². The van der Waals surface area contributed by atoms with Gasteiger partial charge in [-0.05, 0) is 0 Å². The largest absolute Gasteiger partial charge is 0.349 e. The molecule has 4 aliphatic rings. The van der Waals surface area contributed by atoms with Gasteiger partial charge in [0.1, 0.15) is 11.5 Å². The molecule has 114 valence electrons. The summed E-state index contributed by atoms with van der Waals surface area (Å²) in [5.41, 5.74) is -1.59. The Morgan fingerprint density at radius 1 is 1.09 bits per heavy atom. The fourth-order valence-corrected chi connectivity index (χ4v) is 4.43. The maximum absolute atomic E-state index is 15.5. The molecule has 2 heterocycles. The molecule has 0 radical (unpaired) electrons. The molecular formula is C16H15F2N3O. The number of benzene rings is 1. The molecule has 2 aromatic rings. The molecular weight excluding hydrogens is 288 g/mol. The van der Waals surface area contributed by atoms with E-state index in [2.05, 4.69) is 5.10 Å². The lowest BCUT2D eigenvalue weighted by Gasteiger charge is -2.64. The van der Waals surface area contributed by atoms with Crippen molar-refractivity contribution in [2.45, 2.75) is 49.1 Å². The van der Waals surface area contributed by atoms with Crippen LogP contribution in [0, 0.1) is 0 Å². The standard InChI is InChI=1S/C16H15F2N3O/c17-14-8-15(9-14,10-14)21-13(22)20-12(19-21)6-7-16(20,18)11-4-2-1-3-5-11/h1-5H,6-10H2. The molecule has 6 heteroatoms. The zero-order valence-corrected chi connectivity index (χ0v) is 11.9. The van der Waals surface area contributed by atoms with Crippen LogP contribution in [0.25, 0.3) is 0 Å². The number of nitrogens with zero attached hydrogens (tertiary/aromatic N) is 3. The molecule has 4 nitrogen and oxygen atoms in total. The zero-order chi connectivity index (χ0) is 15.2. The van der Waals surface area contributed by atoms with Crippen molar-refractivity contribution in [1.82, 2.24) is 14.3 Å². The van der Waals surface area contributed by atoms with E-state index in [-0.39, 0.29) is 6.42 Å². The predicted octanol–water partition coefficient (Wildman–Crippen LogP) is 2.26. The van der Waals surface area contributed by atoms with Gasteiger partial charge in [0.25, 0.3) is 0 Å². The van der Waals surface area contributed by atoms with Crippen molar-refractivity contribution in [1.29, 1.82) is 0 Å². The normalized spacial score (nSPS) is 38.3. The monoisotopic (exact) mass is 303 g/mol. The van der Waals surface area contributed by atoms with Crippen LogP contribution in [0.4, 0.5) is 8.78 Å². The van der Waals surface area contributed by atoms with Crippen molar-refractivity contribution in [2.24, 2.45) is 0 Å². The van der Waals surface area contributed by atoms with Crippen LogP contribution in [0.5, 0.6) is 0 Å². The number of rotatable bonds is 2. The lowest BCUT2D eigenvalue weighted by Crippen LogP contribution is -2.72. The van der Waals surface area contributed by atoms with Gasteiger partial charge in [0.05, 0.1) is 5.54 Å². The summed E-state index contributed by atoms with van der Waals surface area (Å²) in [6.45, 7) is 0. The highest BCUT2D eigenvalue weighted by molar-refractivity contribution is 5.28. The summed E-state index contributed by atoms with van der Waals surface area (Å²) in [6.07, 6.45) is 1.64. The Morgan fingerprint density at radius 2 is 1.77 bits per heavy atom. The fraction of sp³-hybridized carbons (Fsp3) is 0.500. The SMILES string of the molecule is O=c1n(C23CC(F)(C2)C3)nc2n1C(F)(c1ccccc1)CC2. The molecule has 1 aromatic carbocycles. The summed E-state index contributed by atoms with van der Waals surface area (Å²) in [6, 6.07) is 8.72. The fourth-order valence-electron chi connectivity index (χ4n) is 4.43. The first-order valence-corrected chi connectivity index (χ1v) is 7.61. The molecule has 3 aliphatic carbocycles. The third-order valence-electron chi connectivity index (χ3n) is 5.48. The number of hydrogen-bond donors (Lipinski definition) is 0. The van der Waals surface area contributed by atoms with Gasteiger partial charge in [-0.2, -0.15) is 5.10 Å². The predicted molar refractivity (Wildman–Crippen MR) is 75.1 cm³/mol. The number of aromatic nitrogens is 3. The average molecular weight is 303 g/mol. The molecule has 3 fully saturated rings. The molecule has 1 unspecified atom stereocenters. The van der Waals surface area contributed by atoms with Crippen LogP contribution in [0.1, 0.15) is 37.1 Å². The first-order chi connectivity index (χ1) is 10.5. The van der Waals surface area contributed by atoms with Crippen LogP contribution >= 0.6 is 0 Å². The number of halogens is 2. The highest BCUT2D eigenvalue weighted by atomic mass is 19.1. The Kier molecular flexibility index (Phi) is 2.00. The van der Waals surface area contributed by atoms with Crippen molar-refractivity contribution in [3.8, 4) is 0 Å². The van der Waals surface area contributed by atoms with Crippen molar-refractivity contribution in [3.05, 3.63) is 52.2 Å². The summed E-state index contributed by atoms with van der Waals surface area (Å²) < 4.78 is 31.8. The van der Waals surface area contributed by atoms with Gasteiger partial charge in [0, 0.05) is 37.7 Å². The average Bonchev–Trinajstić information content (AvgIpc) is 2.96. The maximum atomic E-state index is 15.5. The van der Waals surface area contributed by atoms with Gasteiger partial charge in [-0.15, -0.1) is 0 Å². The Labute approximate surface area is 125 Å². The molecule has 22 heavy (non-hydrogen) atoms. The quantitative estimate of drug-likeness (QED) is 0.854. The zero-order valence-electron chi connectivity index (χ0n) is 11.9. The van der Waals surface area contributed by atoms with E-state index >= 15 is 4.39 Å². The minimum Gasteiger partial charge on any atom is -0.246 e. The van der Waals surface area contributed by atoms with Crippen molar-refractivity contribution in [2.75, 3.05) is 0 Å². The lowest BCUT2D eigenvalue weighted by atomic mass is 9.47. The highest BCUT2D eigenvalue weighted by Gasteiger charge is 2.72. The molecule has 0 N–H and O–H groups in total. The van der Waals surface area contributed by atoms with Gasteiger partial charge in [0.2, 0.25) is 5.79 Å². The molecule has 1 aliphatic heterocycles. The molecule has 0 amide bonds. The Bertz CT molecular complexity index is 821. The van der Waals surface area contributed by atoms with Gasteiger partial charge < -0.3 is 0 Å². The summed E-state index contributed by atoms with van der Waals surface area (Å²) in [7, 11) is 0. The maximum Gasteiger partial charge on any atom is 0.349 e. The first kappa shape index (κ1) is 12.6. The van der Waals surface area contributed by atoms with Crippen LogP contribution in [-0.4, -0.2) is 20.0 Å². The number of aryl methyl sites for hydroxylation is 1. The van der Waals surface area contributed by atoms with E-state index in [1.165, 1.54) is 9.25 Å². The summed E-state index contributed by atoms with van der Waals surface area (Å²) in [5, 5.41) is 4.33. The van der Waals surface area contributed by atoms with Crippen molar-refractivity contribution < 1.29 is 8.78 Å². The minimum absolute atomic E-state index is 0.218. The van der Waals surface area contributed by atoms with Crippen molar-refractivity contribution >= 4 is 0 Å². The third kappa shape index (κ3) is 1.27. The van der Waals surface area contributed by atoms with E-state index in [0.29, 0.717) is 37.1 Å². The second-order valence-electron chi connectivity index (χ2n) is 6.98. The molecule has 2 bridgehead atoms. The molecule has 1 aromatic heterocycles. The lowest BCUT2D eigenvalue weighted by molar-refractivity contribution is -0.205. The Hall–Kier alpha value is -1.98. The van der Waals surface area contributed by atoms with E-state index in [0.717, 1.165) is 0 Å². The van der Waals surface area contributed by atoms with Gasteiger partial charge in [-0.1, -0.05) is 30.3 Å². The van der Waals surface area contributed by atoms with Crippen LogP contribution in [-0.2, 0) is 17.8 Å². The van der Waals surface area contributed by atoms with Crippen LogP contribution in [0.15, 0.2) is 35.1 Å². The second kappa shape index (κ2) is 3.50. The Balaban J connectivity index is 1.64. The summed E-state index contributed by atoms with van der Waals surface area (Å²) >= 11 is 0. The smallest absolute Gasteiger partial charge is 0.246 e.